The molecule has 1 aromatic rings. The predicted molar refractivity (Wildman–Crippen MR) is 54.8 cm³/mol. The van der Waals surface area contributed by atoms with Crippen LogP contribution in [0, 0.1) is 11.6 Å². The highest BCUT2D eigenvalue weighted by molar-refractivity contribution is 5.83. The summed E-state index contributed by atoms with van der Waals surface area (Å²) in [4.78, 5) is 0. The number of halogens is 5. The van der Waals surface area contributed by atoms with Gasteiger partial charge in [-0.1, -0.05) is 0 Å². The Bertz CT molecular complexity index is 502. The molecule has 0 aromatic heterocycles. The topological polar surface area (TPSA) is 76.8 Å². The Morgan fingerprint density at radius 3 is 2.17 bits per heavy atom. The molecule has 1 rings (SSSR count). The first-order valence-electron chi connectivity index (χ1n) is 4.40. The number of benzene rings is 1. The molecule has 0 bridgehead atoms. The van der Waals surface area contributed by atoms with Gasteiger partial charge < -0.3 is 11.5 Å². The van der Waals surface area contributed by atoms with E-state index < -0.39 is 34.9 Å². The van der Waals surface area contributed by atoms with Crippen LogP contribution in [0.1, 0.15) is 11.1 Å². The maximum absolute atomic E-state index is 12.8. The third kappa shape index (κ3) is 3.40. The fourth-order valence-electron chi connectivity index (χ4n) is 1.07. The number of guanidine groups is 1. The van der Waals surface area contributed by atoms with Crippen LogP contribution in [0.15, 0.2) is 22.3 Å². The molecule has 0 aliphatic rings. The van der Waals surface area contributed by atoms with Gasteiger partial charge in [-0.15, -0.1) is 5.10 Å². The van der Waals surface area contributed by atoms with E-state index in [2.05, 4.69) is 10.2 Å². The fourth-order valence-corrected chi connectivity index (χ4v) is 1.07. The van der Waals surface area contributed by atoms with Crippen molar-refractivity contribution in [3.05, 3.63) is 34.9 Å². The second-order valence-electron chi connectivity index (χ2n) is 3.12. The summed E-state index contributed by atoms with van der Waals surface area (Å²) in [6.45, 7) is 0. The van der Waals surface area contributed by atoms with Gasteiger partial charge in [-0.05, 0) is 12.1 Å². The monoisotopic (exact) mass is 266 g/mol. The van der Waals surface area contributed by atoms with E-state index in [1.54, 1.807) is 0 Å². The molecule has 0 amide bonds. The molecule has 9 heteroatoms. The molecule has 0 saturated heterocycles. The number of nitrogens with two attached hydrogens (primary N) is 2. The molecule has 4 N–H and O–H groups in total. The van der Waals surface area contributed by atoms with Gasteiger partial charge in [0.1, 0.15) is 0 Å². The van der Waals surface area contributed by atoms with Crippen molar-refractivity contribution in [2.75, 3.05) is 0 Å². The van der Waals surface area contributed by atoms with Crippen molar-refractivity contribution >= 4 is 12.2 Å². The van der Waals surface area contributed by atoms with Gasteiger partial charge in [0.05, 0.1) is 11.8 Å². The minimum atomic E-state index is -4.85. The van der Waals surface area contributed by atoms with E-state index >= 15 is 0 Å². The Hall–Kier alpha value is -2.19. The van der Waals surface area contributed by atoms with Gasteiger partial charge in [-0.2, -0.15) is 18.3 Å². The number of hydrogen-bond acceptors (Lipinski definition) is 2. The van der Waals surface area contributed by atoms with Crippen LogP contribution in [-0.4, -0.2) is 12.2 Å². The summed E-state index contributed by atoms with van der Waals surface area (Å²) in [6.07, 6.45) is -4.28. The van der Waals surface area contributed by atoms with E-state index in [4.69, 9.17) is 11.5 Å². The van der Waals surface area contributed by atoms with Crippen LogP contribution in [0.4, 0.5) is 22.0 Å². The molecule has 0 heterocycles. The van der Waals surface area contributed by atoms with Gasteiger partial charge >= 0.3 is 6.18 Å². The lowest BCUT2D eigenvalue weighted by molar-refractivity contribution is -0.137. The summed E-state index contributed by atoms with van der Waals surface area (Å²) in [5, 5.41) is 6.16. The van der Waals surface area contributed by atoms with Crippen LogP contribution in [0.25, 0.3) is 0 Å². The number of alkyl halides is 3. The van der Waals surface area contributed by atoms with E-state index in [1.165, 1.54) is 0 Å². The second-order valence-corrected chi connectivity index (χ2v) is 3.12. The third-order valence-corrected chi connectivity index (χ3v) is 1.77. The molecule has 0 atom stereocenters. The fraction of sp³-hybridized carbons (Fsp3) is 0.111. The number of nitrogens with zero attached hydrogens (tertiary/aromatic N) is 2. The second kappa shape index (κ2) is 4.98. The predicted octanol–water partition coefficient (Wildman–Crippen LogP) is 1.59. The lowest BCUT2D eigenvalue weighted by Crippen LogP contribution is -2.21. The standard InChI is InChI=1S/C9H7F5N4/c10-6-1-4(3-17-18-8(15)16)5(2-7(6)11)9(12,13)14/h1-3H,(H4,15,16,18). The summed E-state index contributed by atoms with van der Waals surface area (Å²) in [5.41, 5.74) is 7.72. The van der Waals surface area contributed by atoms with Crippen LogP contribution in [-0.2, 0) is 6.18 Å². The van der Waals surface area contributed by atoms with Gasteiger partial charge in [-0.3, -0.25) is 0 Å². The molecule has 0 aliphatic heterocycles. The van der Waals surface area contributed by atoms with Crippen molar-refractivity contribution in [1.29, 1.82) is 0 Å². The SMILES string of the molecule is NC(N)=NN=Cc1cc(F)c(F)cc1C(F)(F)F. The van der Waals surface area contributed by atoms with Crippen LogP contribution in [0.5, 0.6) is 0 Å². The molecule has 98 valence electrons. The average molecular weight is 266 g/mol. The van der Waals surface area contributed by atoms with Gasteiger partial charge in [0, 0.05) is 5.56 Å². The van der Waals surface area contributed by atoms with Gasteiger partial charge in [0.2, 0.25) is 5.96 Å². The van der Waals surface area contributed by atoms with Gasteiger partial charge in [0.15, 0.2) is 11.6 Å². The maximum atomic E-state index is 12.8. The zero-order valence-corrected chi connectivity index (χ0v) is 8.67. The molecule has 4 nitrogen and oxygen atoms in total. The van der Waals surface area contributed by atoms with Crippen LogP contribution >= 0.6 is 0 Å². The molecule has 0 unspecified atom stereocenters. The maximum Gasteiger partial charge on any atom is 0.417 e. The summed E-state index contributed by atoms with van der Waals surface area (Å²) in [5.74, 6) is -3.53. The zero-order valence-electron chi connectivity index (χ0n) is 8.67. The highest BCUT2D eigenvalue weighted by atomic mass is 19.4. The summed E-state index contributed by atoms with van der Waals surface area (Å²) in [7, 11) is 0. The highest BCUT2D eigenvalue weighted by Crippen LogP contribution is 2.32. The van der Waals surface area contributed by atoms with E-state index in [-0.39, 0.29) is 6.07 Å². The smallest absolute Gasteiger partial charge is 0.369 e. The Balaban J connectivity index is 3.29. The normalized spacial score (nSPS) is 11.8. The van der Waals surface area contributed by atoms with Gasteiger partial charge in [-0.25, -0.2) is 8.78 Å². The molecular weight excluding hydrogens is 259 g/mol. The van der Waals surface area contributed by atoms with E-state index in [0.29, 0.717) is 12.3 Å². The van der Waals surface area contributed by atoms with Crippen LogP contribution in [0.2, 0.25) is 0 Å². The quantitative estimate of drug-likeness (QED) is 0.369. The summed E-state index contributed by atoms with van der Waals surface area (Å²) < 4.78 is 63.1. The zero-order chi connectivity index (χ0) is 13.9. The number of hydrogen-bond donors (Lipinski definition) is 2. The van der Waals surface area contributed by atoms with E-state index in [0.717, 1.165) is 0 Å². The first-order chi connectivity index (χ1) is 8.21. The summed E-state index contributed by atoms with van der Waals surface area (Å²) in [6, 6.07) is 0.385. The first kappa shape index (κ1) is 13.9. The van der Waals surface area contributed by atoms with Crippen molar-refractivity contribution in [3.63, 3.8) is 0 Å². The van der Waals surface area contributed by atoms with Crippen molar-refractivity contribution in [3.8, 4) is 0 Å². The summed E-state index contributed by atoms with van der Waals surface area (Å²) >= 11 is 0. The van der Waals surface area contributed by atoms with Crippen molar-refractivity contribution < 1.29 is 22.0 Å². The Kier molecular flexibility index (Phi) is 3.84. The van der Waals surface area contributed by atoms with Crippen molar-refractivity contribution in [2.24, 2.45) is 21.7 Å². The van der Waals surface area contributed by atoms with Crippen LogP contribution < -0.4 is 11.5 Å². The molecular formula is C9H7F5N4. The minimum Gasteiger partial charge on any atom is -0.369 e. The Labute approximate surface area is 97.8 Å². The van der Waals surface area contributed by atoms with E-state index in [9.17, 15) is 22.0 Å². The molecule has 18 heavy (non-hydrogen) atoms. The molecule has 0 radical (unpaired) electrons. The van der Waals surface area contributed by atoms with Crippen molar-refractivity contribution in [2.45, 2.75) is 6.18 Å². The molecule has 0 fully saturated rings. The van der Waals surface area contributed by atoms with Crippen LogP contribution in [0.3, 0.4) is 0 Å². The average Bonchev–Trinajstić information content (AvgIpc) is 2.20. The lowest BCUT2D eigenvalue weighted by atomic mass is 10.1. The molecule has 0 saturated carbocycles. The van der Waals surface area contributed by atoms with Gasteiger partial charge in [0.25, 0.3) is 0 Å². The minimum absolute atomic E-state index is 0.0339. The highest BCUT2D eigenvalue weighted by Gasteiger charge is 2.34. The molecule has 0 spiro atoms. The Morgan fingerprint density at radius 2 is 1.67 bits per heavy atom. The molecule has 1 aromatic carbocycles. The lowest BCUT2D eigenvalue weighted by Gasteiger charge is -2.10. The number of rotatable bonds is 2. The third-order valence-electron chi connectivity index (χ3n) is 1.77. The van der Waals surface area contributed by atoms with E-state index in [1.807, 2.05) is 0 Å². The first-order valence-corrected chi connectivity index (χ1v) is 4.40. The van der Waals surface area contributed by atoms with Crippen molar-refractivity contribution in [1.82, 2.24) is 0 Å². The largest absolute Gasteiger partial charge is 0.417 e. The Morgan fingerprint density at radius 1 is 1.11 bits per heavy atom. The molecule has 0 aliphatic carbocycles.